The monoisotopic (exact) mass is 309 g/mol. The first-order valence-corrected chi connectivity index (χ1v) is 7.51. The molecule has 0 aliphatic carbocycles. The molecule has 0 bridgehead atoms. The number of hydrogen-bond donors (Lipinski definition) is 1. The number of hydrogen-bond acceptors (Lipinski definition) is 3. The lowest BCUT2D eigenvalue weighted by Gasteiger charge is -2.22. The van der Waals surface area contributed by atoms with E-state index in [0.29, 0.717) is 6.42 Å². The van der Waals surface area contributed by atoms with E-state index in [1.54, 1.807) is 6.92 Å². The van der Waals surface area contributed by atoms with Gasteiger partial charge in [0.05, 0.1) is 16.3 Å². The van der Waals surface area contributed by atoms with Crippen molar-refractivity contribution in [3.63, 3.8) is 0 Å². The molecular formula is C14H22F3NOS. The maximum absolute atomic E-state index is 12.1. The van der Waals surface area contributed by atoms with Gasteiger partial charge >= 0.3 is 6.18 Å². The quantitative estimate of drug-likeness (QED) is 0.870. The van der Waals surface area contributed by atoms with Crippen LogP contribution in [-0.2, 0) is 11.8 Å². The number of aromatic nitrogens is 1. The number of rotatable bonds is 5. The fourth-order valence-electron chi connectivity index (χ4n) is 1.82. The van der Waals surface area contributed by atoms with Crippen LogP contribution >= 0.6 is 11.3 Å². The lowest BCUT2D eigenvalue weighted by atomic mass is 9.93. The maximum Gasteiger partial charge on any atom is 0.389 e. The van der Waals surface area contributed by atoms with E-state index in [1.165, 1.54) is 11.3 Å². The first-order chi connectivity index (χ1) is 8.89. The smallest absolute Gasteiger partial charge is 0.389 e. The largest absolute Gasteiger partial charge is 0.390 e. The van der Waals surface area contributed by atoms with Crippen molar-refractivity contribution in [2.45, 2.75) is 70.6 Å². The molecule has 1 aromatic heterocycles. The first kappa shape index (κ1) is 17.4. The SMILES string of the molecule is CC(O)(CCCC(F)(F)F)Cc1nc(C(C)(C)C)cs1. The van der Waals surface area contributed by atoms with Crippen LogP contribution in [0.25, 0.3) is 0 Å². The Kier molecular flexibility index (Phi) is 5.24. The molecule has 2 nitrogen and oxygen atoms in total. The average Bonchev–Trinajstić information content (AvgIpc) is 2.61. The van der Waals surface area contributed by atoms with Crippen molar-refractivity contribution in [2.24, 2.45) is 0 Å². The average molecular weight is 309 g/mol. The van der Waals surface area contributed by atoms with Gasteiger partial charge in [0.1, 0.15) is 0 Å². The molecule has 0 aromatic carbocycles. The molecule has 0 saturated heterocycles. The lowest BCUT2D eigenvalue weighted by Crippen LogP contribution is -2.27. The number of alkyl halides is 3. The standard InChI is InChI=1S/C14H22F3NOS/c1-12(2,3)10-9-20-11(18-10)8-13(4,19)6-5-7-14(15,16)17/h9,19H,5-8H2,1-4H3. The van der Waals surface area contributed by atoms with Crippen LogP contribution in [0.4, 0.5) is 13.2 Å². The predicted octanol–water partition coefficient (Wildman–Crippen LogP) is 4.47. The number of halogens is 3. The van der Waals surface area contributed by atoms with Gasteiger partial charge in [-0.1, -0.05) is 20.8 Å². The Hall–Kier alpha value is -0.620. The highest BCUT2D eigenvalue weighted by Crippen LogP contribution is 2.29. The third-order valence-corrected chi connectivity index (χ3v) is 3.88. The summed E-state index contributed by atoms with van der Waals surface area (Å²) in [6.45, 7) is 7.72. The second kappa shape index (κ2) is 6.02. The van der Waals surface area contributed by atoms with Crippen molar-refractivity contribution < 1.29 is 18.3 Å². The van der Waals surface area contributed by atoms with Gasteiger partial charge in [-0.3, -0.25) is 0 Å². The van der Waals surface area contributed by atoms with Gasteiger partial charge in [0, 0.05) is 23.6 Å². The van der Waals surface area contributed by atoms with E-state index >= 15 is 0 Å². The van der Waals surface area contributed by atoms with Crippen molar-refractivity contribution in [3.8, 4) is 0 Å². The molecule has 1 atom stereocenters. The van der Waals surface area contributed by atoms with E-state index in [2.05, 4.69) is 4.98 Å². The highest BCUT2D eigenvalue weighted by Gasteiger charge is 2.30. The van der Waals surface area contributed by atoms with Crippen molar-refractivity contribution in [1.29, 1.82) is 0 Å². The third kappa shape index (κ3) is 6.22. The minimum absolute atomic E-state index is 0.0586. The van der Waals surface area contributed by atoms with E-state index in [1.807, 2.05) is 26.2 Å². The van der Waals surface area contributed by atoms with Crippen LogP contribution in [0.1, 0.15) is 57.7 Å². The molecule has 1 aromatic rings. The minimum atomic E-state index is -4.16. The molecular weight excluding hydrogens is 287 g/mol. The minimum Gasteiger partial charge on any atom is -0.390 e. The first-order valence-electron chi connectivity index (χ1n) is 6.63. The molecule has 1 heterocycles. The van der Waals surface area contributed by atoms with Crippen LogP contribution in [0.5, 0.6) is 0 Å². The van der Waals surface area contributed by atoms with Crippen LogP contribution in [0, 0.1) is 0 Å². The fraction of sp³-hybridized carbons (Fsp3) is 0.786. The molecule has 20 heavy (non-hydrogen) atoms. The summed E-state index contributed by atoms with van der Waals surface area (Å²) in [6, 6.07) is 0. The maximum atomic E-state index is 12.1. The Morgan fingerprint density at radius 1 is 1.15 bits per heavy atom. The summed E-state index contributed by atoms with van der Waals surface area (Å²) in [7, 11) is 0. The number of nitrogens with zero attached hydrogens (tertiary/aromatic N) is 1. The molecule has 0 fully saturated rings. The van der Waals surface area contributed by atoms with Crippen LogP contribution in [-0.4, -0.2) is 21.9 Å². The molecule has 1 rings (SSSR count). The molecule has 0 aliphatic rings. The van der Waals surface area contributed by atoms with Crippen LogP contribution in [0.2, 0.25) is 0 Å². The summed E-state index contributed by atoms with van der Waals surface area (Å²) in [5.74, 6) is 0. The third-order valence-electron chi connectivity index (χ3n) is 3.03. The summed E-state index contributed by atoms with van der Waals surface area (Å²) in [6.07, 6.45) is -4.65. The summed E-state index contributed by atoms with van der Waals surface area (Å²) in [5.41, 5.74) is -0.251. The van der Waals surface area contributed by atoms with Crippen LogP contribution in [0.15, 0.2) is 5.38 Å². The second-order valence-electron chi connectivity index (χ2n) is 6.52. The number of thiazole rings is 1. The van der Waals surface area contributed by atoms with Crippen molar-refractivity contribution in [1.82, 2.24) is 4.98 Å². The Bertz CT molecular complexity index is 432. The van der Waals surface area contributed by atoms with Crippen molar-refractivity contribution in [2.75, 3.05) is 0 Å². The zero-order chi connectivity index (χ0) is 15.6. The Morgan fingerprint density at radius 2 is 1.75 bits per heavy atom. The highest BCUT2D eigenvalue weighted by molar-refractivity contribution is 7.09. The second-order valence-corrected chi connectivity index (χ2v) is 7.46. The van der Waals surface area contributed by atoms with Gasteiger partial charge in [-0.25, -0.2) is 4.98 Å². The van der Waals surface area contributed by atoms with Gasteiger partial charge in [-0.05, 0) is 19.8 Å². The molecule has 0 amide bonds. The molecule has 1 unspecified atom stereocenters. The van der Waals surface area contributed by atoms with Crippen LogP contribution in [0.3, 0.4) is 0 Å². The van der Waals surface area contributed by atoms with Gasteiger partial charge in [-0.2, -0.15) is 13.2 Å². The van der Waals surface area contributed by atoms with Gasteiger partial charge in [0.25, 0.3) is 0 Å². The van der Waals surface area contributed by atoms with Gasteiger partial charge in [0.2, 0.25) is 0 Å². The molecule has 116 valence electrons. The zero-order valence-corrected chi connectivity index (χ0v) is 13.2. The zero-order valence-electron chi connectivity index (χ0n) is 12.3. The van der Waals surface area contributed by atoms with Crippen molar-refractivity contribution in [3.05, 3.63) is 16.1 Å². The molecule has 0 radical (unpaired) electrons. The van der Waals surface area contributed by atoms with E-state index in [-0.39, 0.29) is 18.3 Å². The summed E-state index contributed by atoms with van der Waals surface area (Å²) in [4.78, 5) is 4.46. The summed E-state index contributed by atoms with van der Waals surface area (Å²) < 4.78 is 36.3. The van der Waals surface area contributed by atoms with Gasteiger partial charge in [0.15, 0.2) is 0 Å². The normalized spacial score (nSPS) is 16.2. The van der Waals surface area contributed by atoms with E-state index < -0.39 is 18.2 Å². The predicted molar refractivity (Wildman–Crippen MR) is 75.0 cm³/mol. The van der Waals surface area contributed by atoms with E-state index in [4.69, 9.17) is 0 Å². The van der Waals surface area contributed by atoms with E-state index in [9.17, 15) is 18.3 Å². The Labute approximate surface area is 122 Å². The molecule has 0 aliphatic heterocycles. The van der Waals surface area contributed by atoms with E-state index in [0.717, 1.165) is 10.7 Å². The van der Waals surface area contributed by atoms with Gasteiger partial charge in [-0.15, -0.1) is 11.3 Å². The molecule has 0 spiro atoms. The fourth-order valence-corrected chi connectivity index (χ4v) is 3.02. The Morgan fingerprint density at radius 3 is 2.20 bits per heavy atom. The summed E-state index contributed by atoms with van der Waals surface area (Å²) >= 11 is 1.45. The molecule has 6 heteroatoms. The molecule has 1 N–H and O–H groups in total. The van der Waals surface area contributed by atoms with Crippen LogP contribution < -0.4 is 0 Å². The number of aliphatic hydroxyl groups is 1. The topological polar surface area (TPSA) is 33.1 Å². The van der Waals surface area contributed by atoms with Crippen molar-refractivity contribution >= 4 is 11.3 Å². The van der Waals surface area contributed by atoms with Gasteiger partial charge < -0.3 is 5.11 Å². The summed E-state index contributed by atoms with van der Waals surface area (Å²) in [5, 5.41) is 12.9. The lowest BCUT2D eigenvalue weighted by molar-refractivity contribution is -0.137. The highest BCUT2D eigenvalue weighted by atomic mass is 32.1. The Balaban J connectivity index is 2.56. The molecule has 0 saturated carbocycles.